The molecule has 36 heavy (non-hydrogen) atoms. The molecule has 4 aromatic carbocycles. The summed E-state index contributed by atoms with van der Waals surface area (Å²) in [4.78, 5) is 26.7. The second-order valence-corrected chi connectivity index (χ2v) is 10.1. The zero-order valence-corrected chi connectivity index (χ0v) is 23.4. The van der Waals surface area contributed by atoms with Gasteiger partial charge in [-0.15, -0.1) is 42.0 Å². The summed E-state index contributed by atoms with van der Waals surface area (Å²) in [5.74, 6) is -0.711. The van der Waals surface area contributed by atoms with Gasteiger partial charge >= 0.3 is 32.7 Å². The quantitative estimate of drug-likeness (QED) is 0.252. The van der Waals surface area contributed by atoms with Gasteiger partial charge in [0.1, 0.15) is 0 Å². The number of benzene rings is 4. The van der Waals surface area contributed by atoms with Gasteiger partial charge in [0, 0.05) is 23.9 Å². The Morgan fingerprint density at radius 3 is 2.08 bits per heavy atom. The maximum absolute atomic E-state index is 12.8. The van der Waals surface area contributed by atoms with Gasteiger partial charge in [0.25, 0.3) is 0 Å². The molecule has 0 bridgehead atoms. The van der Waals surface area contributed by atoms with Crippen molar-refractivity contribution in [1.29, 1.82) is 0 Å². The van der Waals surface area contributed by atoms with Gasteiger partial charge in [-0.1, -0.05) is 42.0 Å². The summed E-state index contributed by atoms with van der Waals surface area (Å²) >= 11 is 0. The number of rotatable bonds is 3. The molecule has 0 atom stereocenters. The molecule has 0 spiro atoms. The Balaban J connectivity index is 0.000000391. The third-order valence-electron chi connectivity index (χ3n) is 5.52. The van der Waals surface area contributed by atoms with E-state index < -0.39 is 15.7 Å². The van der Waals surface area contributed by atoms with E-state index in [9.17, 15) is 18.0 Å². The van der Waals surface area contributed by atoms with E-state index in [1.54, 1.807) is 66.7 Å². The van der Waals surface area contributed by atoms with E-state index >= 15 is 0 Å². The van der Waals surface area contributed by atoms with Crippen LogP contribution < -0.4 is 4.90 Å². The Bertz CT molecular complexity index is 1480. The normalized spacial score (nSPS) is 12.6. The van der Waals surface area contributed by atoms with E-state index in [0.717, 1.165) is 10.5 Å². The third-order valence-corrected chi connectivity index (χ3v) is 6.67. The van der Waals surface area contributed by atoms with Gasteiger partial charge in [0.05, 0.1) is 4.90 Å². The standard InChI is InChI=1S/C22H16NO4S.C7H7.Y/c1-28(26,27)20-9-5-4-7-18(20)15-10-12-17(13-11-15)23-21(24)14-16-6-2-3-8-19(16)22(23)25;1-7-5-3-2-4-6-7;/h2-7,9-13H,14H2,1H3;2-6H,1H2;/q2*-1;+3. The van der Waals surface area contributed by atoms with Crippen LogP contribution in [-0.4, -0.2) is 26.5 Å². The minimum Gasteiger partial charge on any atom is -0.327 e. The van der Waals surface area contributed by atoms with Crippen molar-refractivity contribution >= 4 is 27.3 Å². The molecule has 0 aromatic heterocycles. The van der Waals surface area contributed by atoms with E-state index in [1.165, 1.54) is 6.26 Å². The predicted molar refractivity (Wildman–Crippen MR) is 137 cm³/mol. The van der Waals surface area contributed by atoms with E-state index in [0.29, 0.717) is 27.9 Å². The van der Waals surface area contributed by atoms with Crippen LogP contribution in [0.2, 0.25) is 0 Å². The van der Waals surface area contributed by atoms with Crippen LogP contribution in [0.1, 0.15) is 21.5 Å². The van der Waals surface area contributed by atoms with Crippen LogP contribution in [0.15, 0.2) is 102 Å². The summed E-state index contributed by atoms with van der Waals surface area (Å²) < 4.78 is 24.1. The topological polar surface area (TPSA) is 71.5 Å². The van der Waals surface area contributed by atoms with Crippen molar-refractivity contribution in [2.45, 2.75) is 11.3 Å². The molecule has 176 valence electrons. The summed E-state index contributed by atoms with van der Waals surface area (Å²) in [5, 5.41) is 0. The minimum atomic E-state index is -3.39. The first-order chi connectivity index (χ1) is 16.8. The molecule has 0 unspecified atom stereocenters. The van der Waals surface area contributed by atoms with Gasteiger partial charge in [-0.2, -0.15) is 24.6 Å². The van der Waals surface area contributed by atoms with E-state index in [2.05, 4.69) is 13.0 Å². The molecule has 0 aliphatic carbocycles. The van der Waals surface area contributed by atoms with Gasteiger partial charge in [-0.25, -0.2) is 8.42 Å². The molecule has 0 saturated heterocycles. The largest absolute Gasteiger partial charge is 3.00 e. The zero-order chi connectivity index (χ0) is 25.0. The van der Waals surface area contributed by atoms with Gasteiger partial charge < -0.3 is 4.79 Å². The maximum Gasteiger partial charge on any atom is 3.00 e. The maximum atomic E-state index is 12.8. The average Bonchev–Trinajstić information content (AvgIpc) is 2.85. The van der Waals surface area contributed by atoms with Gasteiger partial charge in [0.15, 0.2) is 15.7 Å². The fourth-order valence-electron chi connectivity index (χ4n) is 3.84. The Kier molecular flexibility index (Phi) is 9.01. The molecule has 5 nitrogen and oxygen atoms in total. The molecule has 0 fully saturated rings. The molecule has 1 heterocycles. The van der Waals surface area contributed by atoms with Crippen LogP contribution in [0.25, 0.3) is 11.1 Å². The number of hydrogen-bond donors (Lipinski definition) is 0. The fraction of sp³-hybridized carbons (Fsp3) is 0.0690. The molecule has 2 amide bonds. The summed E-state index contributed by atoms with van der Waals surface area (Å²) in [5.41, 5.74) is 3.85. The van der Waals surface area contributed by atoms with Crippen molar-refractivity contribution in [1.82, 2.24) is 0 Å². The molecule has 7 heteroatoms. The van der Waals surface area contributed by atoms with Gasteiger partial charge in [-0.3, -0.25) is 9.69 Å². The summed E-state index contributed by atoms with van der Waals surface area (Å²) in [6, 6.07) is 31.4. The molecular weight excluding hydrogens is 547 g/mol. The Hall–Kier alpha value is -3.06. The molecule has 1 aliphatic heterocycles. The van der Waals surface area contributed by atoms with Crippen LogP contribution in [0.4, 0.5) is 5.69 Å². The summed E-state index contributed by atoms with van der Waals surface area (Å²) in [6.45, 7) is 3.72. The smallest absolute Gasteiger partial charge is 0.327 e. The number of amides is 2. The number of carbonyl (C=O) groups excluding carboxylic acids is 2. The number of anilines is 1. The van der Waals surface area contributed by atoms with Crippen LogP contribution >= 0.6 is 0 Å². The first kappa shape index (κ1) is 27.5. The van der Waals surface area contributed by atoms with Crippen molar-refractivity contribution in [3.05, 3.63) is 127 Å². The van der Waals surface area contributed by atoms with E-state index in [1.807, 2.05) is 30.3 Å². The summed E-state index contributed by atoms with van der Waals surface area (Å²) in [7, 11) is -3.39. The first-order valence-corrected chi connectivity index (χ1v) is 12.8. The van der Waals surface area contributed by atoms with E-state index in [-0.39, 0.29) is 49.9 Å². The Morgan fingerprint density at radius 2 is 1.47 bits per heavy atom. The summed E-state index contributed by atoms with van der Waals surface area (Å²) in [6.07, 6.45) is 1.30. The molecule has 0 radical (unpaired) electrons. The van der Waals surface area contributed by atoms with Crippen LogP contribution in [-0.2, 0) is 53.8 Å². The number of hydrogen-bond acceptors (Lipinski definition) is 4. The van der Waals surface area contributed by atoms with Gasteiger partial charge in [0.2, 0.25) is 5.91 Å². The molecule has 1 aliphatic rings. The number of sulfone groups is 1. The van der Waals surface area contributed by atoms with Crippen LogP contribution in [0, 0.1) is 13.0 Å². The van der Waals surface area contributed by atoms with Crippen molar-refractivity contribution in [2.24, 2.45) is 0 Å². The number of fused-ring (bicyclic) bond motifs is 1. The number of carbonyl (C=O) groups is 2. The third kappa shape index (κ3) is 6.19. The molecule has 0 N–H and O–H groups in total. The van der Waals surface area contributed by atoms with Crippen molar-refractivity contribution < 1.29 is 50.7 Å². The molecule has 0 saturated carbocycles. The molecule has 5 rings (SSSR count). The van der Waals surface area contributed by atoms with E-state index in [4.69, 9.17) is 0 Å². The SMILES string of the molecule is CS(=O)(=O)c1ccccc1-c1ccc(N2C(=O)Cc3ccc[c-]c3C2=O)cc1.[CH2-]c1ccccc1.[Y+3]. The minimum absolute atomic E-state index is 0. The van der Waals surface area contributed by atoms with Crippen molar-refractivity contribution in [2.75, 3.05) is 11.2 Å². The second-order valence-electron chi connectivity index (χ2n) is 8.08. The van der Waals surface area contributed by atoms with Crippen LogP contribution in [0.3, 0.4) is 0 Å². The zero-order valence-electron chi connectivity index (χ0n) is 19.7. The monoisotopic (exact) mass is 570 g/mol. The van der Waals surface area contributed by atoms with Crippen LogP contribution in [0.5, 0.6) is 0 Å². The average molecular weight is 570 g/mol. The fourth-order valence-corrected chi connectivity index (χ4v) is 4.75. The Labute approximate surface area is 237 Å². The van der Waals surface area contributed by atoms with Crippen molar-refractivity contribution in [3.63, 3.8) is 0 Å². The first-order valence-electron chi connectivity index (χ1n) is 10.9. The molecular formula is C29H23NO4SY+. The van der Waals surface area contributed by atoms with Gasteiger partial charge in [-0.05, 0) is 23.8 Å². The predicted octanol–water partition coefficient (Wildman–Crippen LogP) is 5.15. The number of nitrogens with zero attached hydrogens (tertiary/aromatic N) is 1. The van der Waals surface area contributed by atoms with Crippen molar-refractivity contribution in [3.8, 4) is 11.1 Å². The molecule has 4 aromatic rings. The Morgan fingerprint density at radius 1 is 0.833 bits per heavy atom. The second kappa shape index (κ2) is 11.8. The number of imide groups is 1.